The Morgan fingerprint density at radius 1 is 1.47 bits per heavy atom. The fraction of sp³-hybridized carbons (Fsp3) is 0.417. The van der Waals surface area contributed by atoms with Crippen molar-refractivity contribution >= 4 is 17.5 Å². The van der Waals surface area contributed by atoms with Crippen molar-refractivity contribution in [1.29, 1.82) is 0 Å². The highest BCUT2D eigenvalue weighted by Gasteiger charge is 2.02. The van der Waals surface area contributed by atoms with Gasteiger partial charge in [0.2, 0.25) is 5.91 Å². The van der Waals surface area contributed by atoms with E-state index in [1.165, 1.54) is 0 Å². The molecule has 1 aromatic carbocycles. The summed E-state index contributed by atoms with van der Waals surface area (Å²) in [6.45, 7) is 4.57. The van der Waals surface area contributed by atoms with Crippen LogP contribution in [0.4, 0.5) is 0 Å². The number of benzene rings is 1. The van der Waals surface area contributed by atoms with Gasteiger partial charge in [0.1, 0.15) is 0 Å². The van der Waals surface area contributed by atoms with Crippen LogP contribution in [0.1, 0.15) is 24.5 Å². The lowest BCUT2D eigenvalue weighted by Crippen LogP contribution is -2.22. The second-order valence-electron chi connectivity index (χ2n) is 3.54. The second kappa shape index (κ2) is 5.76. The number of hydrogen-bond acceptors (Lipinski definition) is 1. The smallest absolute Gasteiger partial charge is 0.220 e. The second-order valence-corrected chi connectivity index (χ2v) is 3.94. The lowest BCUT2D eigenvalue weighted by Gasteiger charge is -2.04. The van der Waals surface area contributed by atoms with Gasteiger partial charge in [-0.25, -0.2) is 0 Å². The first kappa shape index (κ1) is 12.1. The Balaban J connectivity index is 2.51. The Kier molecular flexibility index (Phi) is 4.63. The third-order valence-corrected chi connectivity index (χ3v) is 2.66. The zero-order chi connectivity index (χ0) is 11.3. The molecule has 3 heteroatoms. The first-order valence-electron chi connectivity index (χ1n) is 5.15. The van der Waals surface area contributed by atoms with Crippen molar-refractivity contribution in [2.45, 2.75) is 26.7 Å². The summed E-state index contributed by atoms with van der Waals surface area (Å²) >= 11 is 5.99. The molecule has 0 aliphatic carbocycles. The van der Waals surface area contributed by atoms with Gasteiger partial charge in [-0.15, -0.1) is 0 Å². The van der Waals surface area contributed by atoms with E-state index in [9.17, 15) is 4.79 Å². The van der Waals surface area contributed by atoms with E-state index in [1.54, 1.807) is 0 Å². The van der Waals surface area contributed by atoms with Gasteiger partial charge >= 0.3 is 0 Å². The number of hydrogen-bond donors (Lipinski definition) is 1. The van der Waals surface area contributed by atoms with Crippen LogP contribution in [0.3, 0.4) is 0 Å². The van der Waals surface area contributed by atoms with Gasteiger partial charge in [-0.2, -0.15) is 0 Å². The summed E-state index contributed by atoms with van der Waals surface area (Å²) in [6, 6.07) is 5.92. The predicted octanol–water partition coefficient (Wildman–Crippen LogP) is 2.72. The highest BCUT2D eigenvalue weighted by atomic mass is 35.5. The third kappa shape index (κ3) is 3.92. The molecule has 2 nitrogen and oxygen atoms in total. The normalized spacial score (nSPS) is 10.1. The topological polar surface area (TPSA) is 29.1 Å². The molecule has 0 spiro atoms. The molecule has 0 heterocycles. The van der Waals surface area contributed by atoms with E-state index in [1.807, 2.05) is 32.0 Å². The lowest BCUT2D eigenvalue weighted by molar-refractivity contribution is -0.120. The Morgan fingerprint density at radius 2 is 2.20 bits per heavy atom. The minimum Gasteiger partial charge on any atom is -0.356 e. The molecule has 0 saturated carbocycles. The number of carbonyl (C=O) groups excluding carboxylic acids is 1. The Hall–Kier alpha value is -1.02. The van der Waals surface area contributed by atoms with Gasteiger partial charge in [0.05, 0.1) is 0 Å². The van der Waals surface area contributed by atoms with Gasteiger partial charge in [-0.05, 0) is 37.5 Å². The summed E-state index contributed by atoms with van der Waals surface area (Å²) in [5.74, 6) is 0.0918. The van der Waals surface area contributed by atoms with E-state index in [4.69, 9.17) is 11.6 Å². The summed E-state index contributed by atoms with van der Waals surface area (Å²) in [4.78, 5) is 11.2. The maximum atomic E-state index is 11.2. The molecule has 0 saturated heterocycles. The van der Waals surface area contributed by atoms with E-state index in [2.05, 4.69) is 5.32 Å². The lowest BCUT2D eigenvalue weighted by atomic mass is 10.1. The van der Waals surface area contributed by atoms with Gasteiger partial charge in [0, 0.05) is 18.0 Å². The summed E-state index contributed by atoms with van der Waals surface area (Å²) < 4.78 is 0. The number of rotatable bonds is 4. The number of carbonyl (C=O) groups is 1. The number of aryl methyl sites for hydroxylation is 2. The van der Waals surface area contributed by atoms with Crippen LogP contribution in [0.25, 0.3) is 0 Å². The molecule has 15 heavy (non-hydrogen) atoms. The van der Waals surface area contributed by atoms with Gasteiger partial charge < -0.3 is 5.32 Å². The SMILES string of the molecule is CCNC(=O)CCc1ccc(C)c(Cl)c1. The molecule has 0 atom stereocenters. The van der Waals surface area contributed by atoms with Crippen LogP contribution >= 0.6 is 11.6 Å². The Labute approximate surface area is 95.6 Å². The minimum atomic E-state index is 0.0918. The maximum absolute atomic E-state index is 11.2. The molecule has 0 aliphatic heterocycles. The summed E-state index contributed by atoms with van der Waals surface area (Å²) in [5.41, 5.74) is 2.18. The zero-order valence-corrected chi connectivity index (χ0v) is 9.90. The van der Waals surface area contributed by atoms with Crippen LogP contribution in [-0.4, -0.2) is 12.5 Å². The van der Waals surface area contributed by atoms with E-state index < -0.39 is 0 Å². The summed E-state index contributed by atoms with van der Waals surface area (Å²) in [6.07, 6.45) is 1.26. The molecule has 0 aliphatic rings. The van der Waals surface area contributed by atoms with Crippen molar-refractivity contribution < 1.29 is 4.79 Å². The Morgan fingerprint density at radius 3 is 2.80 bits per heavy atom. The average molecular weight is 226 g/mol. The first-order chi connectivity index (χ1) is 7.13. The molecule has 0 bridgehead atoms. The molecule has 0 aromatic heterocycles. The molecule has 0 unspecified atom stereocenters. The number of amides is 1. The molecule has 1 amide bonds. The van der Waals surface area contributed by atoms with Crippen LogP contribution < -0.4 is 5.32 Å². The van der Waals surface area contributed by atoms with Crippen molar-refractivity contribution in [2.75, 3.05) is 6.54 Å². The van der Waals surface area contributed by atoms with Crippen molar-refractivity contribution in [3.8, 4) is 0 Å². The minimum absolute atomic E-state index is 0.0918. The summed E-state index contributed by atoms with van der Waals surface area (Å²) in [7, 11) is 0. The third-order valence-electron chi connectivity index (χ3n) is 2.25. The highest BCUT2D eigenvalue weighted by Crippen LogP contribution is 2.17. The number of nitrogens with one attached hydrogen (secondary N) is 1. The van der Waals surface area contributed by atoms with Gasteiger partial charge in [-0.3, -0.25) is 4.79 Å². The largest absolute Gasteiger partial charge is 0.356 e. The van der Waals surface area contributed by atoms with Gasteiger partial charge in [-0.1, -0.05) is 23.7 Å². The standard InChI is InChI=1S/C12H16ClNO/c1-3-14-12(15)7-6-10-5-4-9(2)11(13)8-10/h4-5,8H,3,6-7H2,1-2H3,(H,14,15). The number of halogens is 1. The molecule has 1 N–H and O–H groups in total. The van der Waals surface area contributed by atoms with Gasteiger partial charge in [0.25, 0.3) is 0 Å². The van der Waals surface area contributed by atoms with Crippen LogP contribution in [0, 0.1) is 6.92 Å². The summed E-state index contributed by atoms with van der Waals surface area (Å²) in [5, 5.41) is 3.54. The molecule has 82 valence electrons. The van der Waals surface area contributed by atoms with Crippen molar-refractivity contribution in [2.24, 2.45) is 0 Å². The van der Waals surface area contributed by atoms with Crippen molar-refractivity contribution in [3.63, 3.8) is 0 Å². The van der Waals surface area contributed by atoms with Crippen LogP contribution in [0.5, 0.6) is 0 Å². The quantitative estimate of drug-likeness (QED) is 0.839. The van der Waals surface area contributed by atoms with E-state index in [0.717, 1.165) is 22.6 Å². The van der Waals surface area contributed by atoms with Crippen LogP contribution in [0.15, 0.2) is 18.2 Å². The molecule has 1 rings (SSSR count). The zero-order valence-electron chi connectivity index (χ0n) is 9.14. The van der Waals surface area contributed by atoms with Crippen molar-refractivity contribution in [3.05, 3.63) is 34.3 Å². The first-order valence-corrected chi connectivity index (χ1v) is 5.53. The molecule has 0 fully saturated rings. The fourth-order valence-corrected chi connectivity index (χ4v) is 1.54. The fourth-order valence-electron chi connectivity index (χ4n) is 1.34. The Bertz CT molecular complexity index is 349. The molecule has 1 aromatic rings. The van der Waals surface area contributed by atoms with Crippen molar-refractivity contribution in [1.82, 2.24) is 5.32 Å². The molecule has 0 radical (unpaired) electrons. The van der Waals surface area contributed by atoms with E-state index >= 15 is 0 Å². The molecular formula is C12H16ClNO. The monoisotopic (exact) mass is 225 g/mol. The predicted molar refractivity (Wildman–Crippen MR) is 63.2 cm³/mol. The van der Waals surface area contributed by atoms with E-state index in [-0.39, 0.29) is 5.91 Å². The highest BCUT2D eigenvalue weighted by molar-refractivity contribution is 6.31. The maximum Gasteiger partial charge on any atom is 0.220 e. The van der Waals surface area contributed by atoms with Crippen LogP contribution in [-0.2, 0) is 11.2 Å². The van der Waals surface area contributed by atoms with Crippen LogP contribution in [0.2, 0.25) is 5.02 Å². The van der Waals surface area contributed by atoms with Gasteiger partial charge in [0.15, 0.2) is 0 Å². The average Bonchev–Trinajstić information content (AvgIpc) is 2.20. The van der Waals surface area contributed by atoms with E-state index in [0.29, 0.717) is 13.0 Å². The molecular weight excluding hydrogens is 210 g/mol.